The van der Waals surface area contributed by atoms with Crippen molar-refractivity contribution in [3.05, 3.63) is 82.6 Å². The van der Waals surface area contributed by atoms with Crippen LogP contribution in [0.1, 0.15) is 38.2 Å². The molecule has 2 aliphatic heterocycles. The minimum absolute atomic E-state index is 0.0162. The Bertz CT molecular complexity index is 1310. The lowest BCUT2D eigenvalue weighted by atomic mass is 9.63. The number of para-hydroxylation sites is 2. The van der Waals surface area contributed by atoms with Gasteiger partial charge in [-0.3, -0.25) is 14.5 Å². The molecule has 0 saturated heterocycles. The Kier molecular flexibility index (Phi) is 4.82. The summed E-state index contributed by atoms with van der Waals surface area (Å²) in [4.78, 5) is 30.8. The van der Waals surface area contributed by atoms with Crippen LogP contribution in [0.3, 0.4) is 0 Å². The molecular formula is C26H23FN4O2. The average Bonchev–Trinajstić information content (AvgIpc) is 3.05. The number of rotatable bonds is 3. The number of fused-ring (bicyclic) bond motifs is 3. The first-order chi connectivity index (χ1) is 16.0. The zero-order valence-corrected chi connectivity index (χ0v) is 18.3. The molecule has 5 rings (SSSR count). The molecule has 7 heteroatoms. The number of carbonyl (C=O) groups excluding carboxylic acids is 2. The maximum atomic E-state index is 14.9. The highest BCUT2D eigenvalue weighted by Gasteiger charge is 2.62. The molecule has 2 aromatic carbocycles. The van der Waals surface area contributed by atoms with Crippen LogP contribution in [0.4, 0.5) is 15.8 Å². The first-order valence-electron chi connectivity index (χ1n) is 11.1. The summed E-state index contributed by atoms with van der Waals surface area (Å²) in [6.07, 6.45) is 1.97. The molecule has 3 aliphatic rings. The highest BCUT2D eigenvalue weighted by molar-refractivity contribution is 6.20. The fourth-order valence-electron chi connectivity index (χ4n) is 5.48. The van der Waals surface area contributed by atoms with Crippen LogP contribution in [0, 0.1) is 17.1 Å². The maximum Gasteiger partial charge on any atom is 0.247 e. The summed E-state index contributed by atoms with van der Waals surface area (Å²) in [5, 5.41) is 10.3. The van der Waals surface area contributed by atoms with Gasteiger partial charge in [0, 0.05) is 35.5 Å². The second-order valence-corrected chi connectivity index (χ2v) is 8.48. The molecule has 1 aliphatic carbocycles. The maximum absolute atomic E-state index is 14.9. The van der Waals surface area contributed by atoms with Crippen molar-refractivity contribution in [2.45, 2.75) is 38.0 Å². The summed E-state index contributed by atoms with van der Waals surface area (Å²) in [6.45, 7) is 2.41. The third-order valence-corrected chi connectivity index (χ3v) is 6.72. The van der Waals surface area contributed by atoms with Crippen molar-refractivity contribution in [3.63, 3.8) is 0 Å². The monoisotopic (exact) mass is 442 g/mol. The number of hydrogen-bond donors (Lipinski definition) is 1. The summed E-state index contributed by atoms with van der Waals surface area (Å²) in [7, 11) is 0. The fraction of sp³-hybridized carbons (Fsp3) is 0.269. The Morgan fingerprint density at radius 1 is 1.09 bits per heavy atom. The Labute approximate surface area is 191 Å². The van der Waals surface area contributed by atoms with Crippen molar-refractivity contribution >= 4 is 23.1 Å². The van der Waals surface area contributed by atoms with E-state index in [9.17, 15) is 19.2 Å². The Balaban J connectivity index is 1.89. The first-order valence-corrected chi connectivity index (χ1v) is 11.1. The molecule has 0 unspecified atom stereocenters. The molecule has 1 amide bonds. The van der Waals surface area contributed by atoms with E-state index in [1.807, 2.05) is 19.1 Å². The SMILES string of the molecule is CCCN1C(=O)[C@]2(C(C#N)=C(N)N(c3ccccc3F)C3=C2C(=O)CCC3)c2ccccc21. The minimum atomic E-state index is -1.61. The molecule has 0 radical (unpaired) electrons. The number of hydrogen-bond acceptors (Lipinski definition) is 5. The normalized spacial score (nSPS) is 22.1. The van der Waals surface area contributed by atoms with E-state index in [4.69, 9.17) is 5.73 Å². The Morgan fingerprint density at radius 2 is 1.79 bits per heavy atom. The number of carbonyl (C=O) groups is 2. The van der Waals surface area contributed by atoms with E-state index in [1.54, 1.807) is 35.2 Å². The predicted octanol–water partition coefficient (Wildman–Crippen LogP) is 4.04. The lowest BCUT2D eigenvalue weighted by Crippen LogP contribution is -2.52. The minimum Gasteiger partial charge on any atom is -0.384 e. The molecule has 0 fully saturated rings. The van der Waals surface area contributed by atoms with E-state index in [0.717, 1.165) is 0 Å². The van der Waals surface area contributed by atoms with Gasteiger partial charge in [-0.25, -0.2) is 4.39 Å². The number of nitriles is 1. The van der Waals surface area contributed by atoms with Gasteiger partial charge >= 0.3 is 0 Å². The third kappa shape index (κ3) is 2.64. The van der Waals surface area contributed by atoms with Crippen LogP contribution in [0.5, 0.6) is 0 Å². The molecule has 1 atom stereocenters. The highest BCUT2D eigenvalue weighted by Crippen LogP contribution is 2.56. The van der Waals surface area contributed by atoms with Gasteiger partial charge in [-0.15, -0.1) is 0 Å². The van der Waals surface area contributed by atoms with Crippen molar-refractivity contribution in [2.75, 3.05) is 16.3 Å². The smallest absolute Gasteiger partial charge is 0.247 e. The lowest BCUT2D eigenvalue weighted by molar-refractivity contribution is -0.124. The number of nitrogens with two attached hydrogens (primary N) is 1. The van der Waals surface area contributed by atoms with Crippen molar-refractivity contribution in [1.29, 1.82) is 5.26 Å². The summed E-state index contributed by atoms with van der Waals surface area (Å²) in [5.41, 5.74) is 7.09. The van der Waals surface area contributed by atoms with Crippen LogP contribution in [0.25, 0.3) is 0 Å². The number of halogens is 1. The van der Waals surface area contributed by atoms with Gasteiger partial charge in [0.2, 0.25) is 5.91 Å². The topological polar surface area (TPSA) is 90.4 Å². The molecule has 6 nitrogen and oxygen atoms in total. The van der Waals surface area contributed by atoms with Crippen LogP contribution in [0.15, 0.2) is 71.2 Å². The van der Waals surface area contributed by atoms with Crippen molar-refractivity contribution in [1.82, 2.24) is 0 Å². The molecule has 33 heavy (non-hydrogen) atoms. The summed E-state index contributed by atoms with van der Waals surface area (Å²) < 4.78 is 14.9. The van der Waals surface area contributed by atoms with Gasteiger partial charge in [-0.1, -0.05) is 37.3 Å². The zero-order chi connectivity index (χ0) is 23.3. The van der Waals surface area contributed by atoms with Crippen LogP contribution in [-0.4, -0.2) is 18.2 Å². The Morgan fingerprint density at radius 3 is 2.48 bits per heavy atom. The van der Waals surface area contributed by atoms with Gasteiger partial charge < -0.3 is 10.6 Å². The largest absolute Gasteiger partial charge is 0.384 e. The first kappa shape index (κ1) is 21.0. The van der Waals surface area contributed by atoms with Gasteiger partial charge in [0.25, 0.3) is 0 Å². The zero-order valence-electron chi connectivity index (χ0n) is 18.3. The van der Waals surface area contributed by atoms with E-state index in [-0.39, 0.29) is 40.8 Å². The van der Waals surface area contributed by atoms with Crippen LogP contribution in [-0.2, 0) is 15.0 Å². The quantitative estimate of drug-likeness (QED) is 0.775. The molecule has 2 N–H and O–H groups in total. The molecule has 2 aromatic rings. The standard InChI is InChI=1S/C26H23FN4O2/c1-2-14-30-19-10-5-3-8-16(19)26(25(30)33)17(15-28)24(29)31(20-11-6-4-9-18(20)27)21-12-7-13-22(32)23(21)26/h3-6,8-11H,2,7,12-14,29H2,1H3/t26-/m0/s1. The highest BCUT2D eigenvalue weighted by atomic mass is 19.1. The summed E-state index contributed by atoms with van der Waals surface area (Å²) in [5.74, 6) is -1.10. The number of amides is 1. The van der Waals surface area contributed by atoms with Crippen molar-refractivity contribution < 1.29 is 14.0 Å². The number of Topliss-reactive ketones (excluding diaryl/α,β-unsaturated/α-hetero) is 1. The Hall–Kier alpha value is -3.92. The second-order valence-electron chi connectivity index (χ2n) is 8.48. The van der Waals surface area contributed by atoms with E-state index in [0.29, 0.717) is 42.8 Å². The molecule has 0 bridgehead atoms. The number of nitrogens with zero attached hydrogens (tertiary/aromatic N) is 3. The van der Waals surface area contributed by atoms with E-state index in [2.05, 4.69) is 6.07 Å². The fourth-order valence-corrected chi connectivity index (χ4v) is 5.48. The van der Waals surface area contributed by atoms with Crippen molar-refractivity contribution in [2.24, 2.45) is 5.73 Å². The van der Waals surface area contributed by atoms with Gasteiger partial charge in [0.05, 0.1) is 11.3 Å². The van der Waals surface area contributed by atoms with Gasteiger partial charge in [0.1, 0.15) is 23.1 Å². The molecule has 166 valence electrons. The lowest BCUT2D eigenvalue weighted by Gasteiger charge is -2.43. The van der Waals surface area contributed by atoms with Crippen LogP contribution < -0.4 is 15.5 Å². The number of ketones is 1. The van der Waals surface area contributed by atoms with Gasteiger partial charge in [0.15, 0.2) is 5.78 Å². The molecule has 0 saturated carbocycles. The van der Waals surface area contributed by atoms with Crippen LogP contribution in [0.2, 0.25) is 0 Å². The number of allylic oxidation sites excluding steroid dienone is 1. The third-order valence-electron chi connectivity index (χ3n) is 6.72. The molecular weight excluding hydrogens is 419 g/mol. The number of anilines is 2. The summed E-state index contributed by atoms with van der Waals surface area (Å²) in [6, 6.07) is 15.5. The average molecular weight is 442 g/mol. The van der Waals surface area contributed by atoms with Crippen molar-refractivity contribution in [3.8, 4) is 6.07 Å². The molecule has 1 spiro atoms. The molecule has 0 aromatic heterocycles. The van der Waals surface area contributed by atoms with E-state index >= 15 is 0 Å². The predicted molar refractivity (Wildman–Crippen MR) is 122 cm³/mol. The summed E-state index contributed by atoms with van der Waals surface area (Å²) >= 11 is 0. The van der Waals surface area contributed by atoms with Gasteiger partial charge in [-0.05, 0) is 37.5 Å². The van der Waals surface area contributed by atoms with E-state index < -0.39 is 11.2 Å². The van der Waals surface area contributed by atoms with Gasteiger partial charge in [-0.2, -0.15) is 5.26 Å². The van der Waals surface area contributed by atoms with E-state index in [1.165, 1.54) is 11.0 Å². The molecule has 2 heterocycles. The number of benzene rings is 2. The van der Waals surface area contributed by atoms with Crippen LogP contribution >= 0.6 is 0 Å². The second kappa shape index (κ2) is 7.59.